The molecule has 2 amide bonds. The number of nitrogens with one attached hydrogen (secondary N) is 1. The van der Waals surface area contributed by atoms with Crippen LogP contribution in [0.3, 0.4) is 0 Å². The first-order valence-electron chi connectivity index (χ1n) is 7.46. The number of carbonyl (C=O) groups is 2. The Morgan fingerprint density at radius 2 is 2.09 bits per heavy atom. The van der Waals surface area contributed by atoms with Crippen LogP contribution in [0.2, 0.25) is 0 Å². The lowest BCUT2D eigenvalue weighted by Gasteiger charge is -2.22. The monoisotopic (exact) mass is 305 g/mol. The molecule has 0 saturated carbocycles. The minimum atomic E-state index is -0.522. The standard InChI is InChI=1S/C16H23N3O3/c1-11-5-6-12(9-17-11)14(20)19-8-7-13(10-19)18-15(21)22-16(2,3)4/h5-6,9,13H,7-8,10H2,1-4H3,(H,18,21)/t13-/m1/s1. The first-order chi connectivity index (χ1) is 10.2. The van der Waals surface area contributed by atoms with Crippen LogP contribution >= 0.6 is 0 Å². The predicted molar refractivity (Wildman–Crippen MR) is 82.7 cm³/mol. The van der Waals surface area contributed by atoms with Gasteiger partial charge >= 0.3 is 6.09 Å². The number of pyridine rings is 1. The number of rotatable bonds is 2. The number of hydrogen-bond acceptors (Lipinski definition) is 4. The van der Waals surface area contributed by atoms with Crippen LogP contribution in [0.15, 0.2) is 18.3 Å². The van der Waals surface area contributed by atoms with Crippen LogP contribution in [0.25, 0.3) is 0 Å². The van der Waals surface area contributed by atoms with Gasteiger partial charge in [0.2, 0.25) is 0 Å². The summed E-state index contributed by atoms with van der Waals surface area (Å²) in [6, 6.07) is 3.52. The van der Waals surface area contributed by atoms with Crippen LogP contribution in [0.4, 0.5) is 4.79 Å². The minimum absolute atomic E-state index is 0.0546. The van der Waals surface area contributed by atoms with E-state index in [-0.39, 0.29) is 11.9 Å². The topological polar surface area (TPSA) is 71.5 Å². The molecular formula is C16H23N3O3. The van der Waals surface area contributed by atoms with Gasteiger partial charge in [-0.05, 0) is 46.2 Å². The smallest absolute Gasteiger partial charge is 0.407 e. The van der Waals surface area contributed by atoms with Gasteiger partial charge in [-0.1, -0.05) is 0 Å². The van der Waals surface area contributed by atoms with Crippen LogP contribution in [0.1, 0.15) is 43.2 Å². The molecule has 1 saturated heterocycles. The molecule has 1 aliphatic rings. The van der Waals surface area contributed by atoms with Crippen LogP contribution in [0.5, 0.6) is 0 Å². The average molecular weight is 305 g/mol. The summed E-state index contributed by atoms with van der Waals surface area (Å²) in [4.78, 5) is 30.0. The van der Waals surface area contributed by atoms with Crippen LogP contribution in [-0.2, 0) is 4.74 Å². The highest BCUT2D eigenvalue weighted by Gasteiger charge is 2.29. The molecule has 22 heavy (non-hydrogen) atoms. The Morgan fingerprint density at radius 1 is 1.36 bits per heavy atom. The third kappa shape index (κ3) is 4.44. The molecule has 1 atom stereocenters. The molecule has 0 aromatic carbocycles. The normalized spacial score (nSPS) is 18.2. The Kier molecular flexibility index (Phi) is 4.68. The summed E-state index contributed by atoms with van der Waals surface area (Å²) < 4.78 is 5.23. The number of likely N-dealkylation sites (tertiary alicyclic amines) is 1. The molecule has 1 N–H and O–H groups in total. The fourth-order valence-electron chi connectivity index (χ4n) is 2.31. The zero-order valence-corrected chi connectivity index (χ0v) is 13.5. The van der Waals surface area contributed by atoms with E-state index < -0.39 is 11.7 Å². The van der Waals surface area contributed by atoms with Crippen molar-refractivity contribution in [1.82, 2.24) is 15.2 Å². The van der Waals surface area contributed by atoms with E-state index in [0.29, 0.717) is 18.7 Å². The van der Waals surface area contributed by atoms with E-state index in [9.17, 15) is 9.59 Å². The fraction of sp³-hybridized carbons (Fsp3) is 0.562. The Morgan fingerprint density at radius 3 is 2.68 bits per heavy atom. The molecule has 0 spiro atoms. The average Bonchev–Trinajstić information content (AvgIpc) is 2.85. The van der Waals surface area contributed by atoms with Crippen LogP contribution in [-0.4, -0.2) is 46.6 Å². The molecule has 2 heterocycles. The molecule has 1 aliphatic heterocycles. The molecule has 6 nitrogen and oxygen atoms in total. The van der Waals surface area contributed by atoms with E-state index in [4.69, 9.17) is 4.74 Å². The number of ether oxygens (including phenoxy) is 1. The molecule has 120 valence electrons. The first-order valence-corrected chi connectivity index (χ1v) is 7.46. The maximum Gasteiger partial charge on any atom is 0.407 e. The molecule has 0 radical (unpaired) electrons. The molecule has 0 aliphatic carbocycles. The summed E-state index contributed by atoms with van der Waals surface area (Å²) in [6.07, 6.45) is 1.88. The highest BCUT2D eigenvalue weighted by atomic mass is 16.6. The molecule has 2 rings (SSSR count). The van der Waals surface area contributed by atoms with Crippen molar-refractivity contribution in [3.63, 3.8) is 0 Å². The third-order valence-corrected chi connectivity index (χ3v) is 3.35. The number of alkyl carbamates (subject to hydrolysis) is 1. The Labute approximate surface area is 130 Å². The summed E-state index contributed by atoms with van der Waals surface area (Å²) in [5.74, 6) is -0.0546. The maximum atomic E-state index is 12.4. The van der Waals surface area contributed by atoms with E-state index in [1.807, 2.05) is 33.8 Å². The SMILES string of the molecule is Cc1ccc(C(=O)N2CC[C@@H](NC(=O)OC(C)(C)C)C2)cn1. The van der Waals surface area contributed by atoms with Gasteiger partial charge < -0.3 is 15.0 Å². The van der Waals surface area contributed by atoms with Crippen LogP contribution in [0, 0.1) is 6.92 Å². The van der Waals surface area contributed by atoms with Gasteiger partial charge in [0.15, 0.2) is 0 Å². The number of amides is 2. The molecule has 6 heteroatoms. The fourth-order valence-corrected chi connectivity index (χ4v) is 2.31. The van der Waals surface area contributed by atoms with E-state index in [2.05, 4.69) is 10.3 Å². The molecule has 0 bridgehead atoms. The van der Waals surface area contributed by atoms with Gasteiger partial charge in [0.05, 0.1) is 11.6 Å². The lowest BCUT2D eigenvalue weighted by Crippen LogP contribution is -2.41. The Hall–Kier alpha value is -2.11. The summed E-state index contributed by atoms with van der Waals surface area (Å²) in [5.41, 5.74) is 0.928. The second-order valence-corrected chi connectivity index (χ2v) is 6.57. The lowest BCUT2D eigenvalue weighted by molar-refractivity contribution is 0.0502. The summed E-state index contributed by atoms with van der Waals surface area (Å²) in [6.45, 7) is 8.45. The second-order valence-electron chi connectivity index (χ2n) is 6.57. The van der Waals surface area contributed by atoms with Crippen molar-refractivity contribution in [2.24, 2.45) is 0 Å². The van der Waals surface area contributed by atoms with Gasteiger partial charge in [-0.3, -0.25) is 9.78 Å². The lowest BCUT2D eigenvalue weighted by atomic mass is 10.2. The highest BCUT2D eigenvalue weighted by molar-refractivity contribution is 5.94. The third-order valence-electron chi connectivity index (χ3n) is 3.35. The van der Waals surface area contributed by atoms with E-state index in [1.54, 1.807) is 17.2 Å². The Balaban J connectivity index is 1.88. The van der Waals surface area contributed by atoms with Crippen molar-refractivity contribution >= 4 is 12.0 Å². The predicted octanol–water partition coefficient (Wildman–Crippen LogP) is 2.13. The number of hydrogen-bond donors (Lipinski definition) is 1. The summed E-state index contributed by atoms with van der Waals surface area (Å²) >= 11 is 0. The van der Waals surface area contributed by atoms with Gasteiger partial charge in [-0.15, -0.1) is 0 Å². The van der Waals surface area contributed by atoms with Crippen molar-refractivity contribution in [2.75, 3.05) is 13.1 Å². The Bertz CT molecular complexity index is 549. The van der Waals surface area contributed by atoms with Gasteiger partial charge in [-0.25, -0.2) is 4.79 Å². The quantitative estimate of drug-likeness (QED) is 0.908. The zero-order valence-electron chi connectivity index (χ0n) is 13.5. The number of aromatic nitrogens is 1. The van der Waals surface area contributed by atoms with Crippen molar-refractivity contribution in [1.29, 1.82) is 0 Å². The molecule has 0 unspecified atom stereocenters. The molecule has 1 aromatic rings. The van der Waals surface area contributed by atoms with Crippen molar-refractivity contribution in [3.8, 4) is 0 Å². The number of aryl methyl sites for hydroxylation is 1. The van der Waals surface area contributed by atoms with Crippen molar-refractivity contribution in [3.05, 3.63) is 29.6 Å². The van der Waals surface area contributed by atoms with Gasteiger partial charge in [-0.2, -0.15) is 0 Å². The number of carbonyl (C=O) groups excluding carboxylic acids is 2. The van der Waals surface area contributed by atoms with Gasteiger partial charge in [0.25, 0.3) is 5.91 Å². The van der Waals surface area contributed by atoms with E-state index in [1.165, 1.54) is 0 Å². The van der Waals surface area contributed by atoms with Crippen LogP contribution < -0.4 is 5.32 Å². The minimum Gasteiger partial charge on any atom is -0.444 e. The summed E-state index contributed by atoms with van der Waals surface area (Å²) in [5, 5.41) is 2.81. The van der Waals surface area contributed by atoms with Crippen molar-refractivity contribution < 1.29 is 14.3 Å². The summed E-state index contributed by atoms with van der Waals surface area (Å²) in [7, 11) is 0. The molecule has 1 aromatic heterocycles. The zero-order chi connectivity index (χ0) is 16.3. The van der Waals surface area contributed by atoms with Gasteiger partial charge in [0.1, 0.15) is 5.60 Å². The molecular weight excluding hydrogens is 282 g/mol. The number of nitrogens with zero attached hydrogens (tertiary/aromatic N) is 2. The van der Waals surface area contributed by atoms with Gasteiger partial charge in [0, 0.05) is 25.0 Å². The first kappa shape index (κ1) is 16.3. The molecule has 1 fully saturated rings. The van der Waals surface area contributed by atoms with Crippen molar-refractivity contribution in [2.45, 2.75) is 45.8 Å². The highest BCUT2D eigenvalue weighted by Crippen LogP contribution is 2.14. The second kappa shape index (κ2) is 6.34. The van der Waals surface area contributed by atoms with E-state index >= 15 is 0 Å². The van der Waals surface area contributed by atoms with E-state index in [0.717, 1.165) is 12.1 Å². The largest absolute Gasteiger partial charge is 0.444 e. The maximum absolute atomic E-state index is 12.4.